The van der Waals surface area contributed by atoms with E-state index in [9.17, 15) is 4.79 Å². The first-order chi connectivity index (χ1) is 8.21. The van der Waals surface area contributed by atoms with Crippen molar-refractivity contribution in [2.24, 2.45) is 5.41 Å². The Hall–Kier alpha value is -0.570. The summed E-state index contributed by atoms with van der Waals surface area (Å²) in [5.41, 5.74) is -0.0820. The molecule has 0 aromatic heterocycles. The third kappa shape index (κ3) is 3.44. The molecular weight excluding hydrogens is 212 g/mol. The molecule has 2 fully saturated rings. The van der Waals surface area contributed by atoms with Crippen LogP contribution in [-0.2, 0) is 4.79 Å². The molecule has 1 saturated heterocycles. The quantitative estimate of drug-likeness (QED) is 0.788. The molecule has 1 aliphatic heterocycles. The maximum atomic E-state index is 12.2. The van der Waals surface area contributed by atoms with Crippen molar-refractivity contribution in [2.45, 2.75) is 64.3 Å². The smallest absolute Gasteiger partial charge is 0.225 e. The van der Waals surface area contributed by atoms with E-state index in [1.165, 1.54) is 32.1 Å². The fourth-order valence-electron chi connectivity index (χ4n) is 3.14. The molecule has 1 amide bonds. The summed E-state index contributed by atoms with van der Waals surface area (Å²) < 4.78 is 0. The minimum absolute atomic E-state index is 0.0820. The fraction of sp³-hybridized carbons (Fsp3) is 0.929. The van der Waals surface area contributed by atoms with Crippen LogP contribution in [0.1, 0.15) is 58.3 Å². The Morgan fingerprint density at radius 2 is 2.06 bits per heavy atom. The van der Waals surface area contributed by atoms with E-state index in [2.05, 4.69) is 17.6 Å². The van der Waals surface area contributed by atoms with Gasteiger partial charge in [0, 0.05) is 18.0 Å². The van der Waals surface area contributed by atoms with Gasteiger partial charge in [-0.2, -0.15) is 0 Å². The second-order valence-electron chi connectivity index (χ2n) is 5.96. The van der Waals surface area contributed by atoms with Gasteiger partial charge in [0.15, 0.2) is 0 Å². The van der Waals surface area contributed by atoms with Crippen LogP contribution in [-0.4, -0.2) is 25.0 Å². The number of carbonyl (C=O) groups excluding carboxylic acids is 1. The predicted octanol–water partition coefficient (Wildman–Crippen LogP) is 2.22. The Morgan fingerprint density at radius 1 is 1.29 bits per heavy atom. The van der Waals surface area contributed by atoms with Crippen molar-refractivity contribution in [3.63, 3.8) is 0 Å². The zero-order chi connectivity index (χ0) is 12.1. The first-order valence-corrected chi connectivity index (χ1v) is 7.22. The molecule has 17 heavy (non-hydrogen) atoms. The van der Waals surface area contributed by atoms with E-state index in [0.717, 1.165) is 32.4 Å². The number of nitrogens with one attached hydrogen (secondary N) is 2. The fourth-order valence-corrected chi connectivity index (χ4v) is 3.14. The maximum absolute atomic E-state index is 12.2. The Labute approximate surface area is 105 Å². The van der Waals surface area contributed by atoms with Gasteiger partial charge in [-0.3, -0.25) is 4.79 Å². The molecule has 0 unspecified atom stereocenters. The van der Waals surface area contributed by atoms with Gasteiger partial charge in [0.2, 0.25) is 5.91 Å². The molecule has 0 bridgehead atoms. The molecule has 2 N–H and O–H groups in total. The van der Waals surface area contributed by atoms with E-state index in [-0.39, 0.29) is 11.3 Å². The van der Waals surface area contributed by atoms with E-state index in [1.807, 2.05) is 0 Å². The highest BCUT2D eigenvalue weighted by Crippen LogP contribution is 2.35. The molecule has 0 aromatic rings. The summed E-state index contributed by atoms with van der Waals surface area (Å²) in [5, 5.41) is 6.61. The monoisotopic (exact) mass is 238 g/mol. The third-order valence-electron chi connectivity index (χ3n) is 4.45. The van der Waals surface area contributed by atoms with Crippen molar-refractivity contribution in [2.75, 3.05) is 13.1 Å². The van der Waals surface area contributed by atoms with Gasteiger partial charge >= 0.3 is 0 Å². The largest absolute Gasteiger partial charge is 0.356 e. The van der Waals surface area contributed by atoms with Crippen LogP contribution >= 0.6 is 0 Å². The second kappa shape index (κ2) is 5.85. The Morgan fingerprint density at radius 3 is 2.71 bits per heavy atom. The molecule has 3 nitrogen and oxygen atoms in total. The third-order valence-corrected chi connectivity index (χ3v) is 4.45. The molecule has 1 heterocycles. The topological polar surface area (TPSA) is 41.1 Å². The first kappa shape index (κ1) is 12.9. The number of hydrogen-bond acceptors (Lipinski definition) is 2. The number of hydrogen-bond donors (Lipinski definition) is 2. The Balaban J connectivity index is 1.68. The van der Waals surface area contributed by atoms with Gasteiger partial charge in [0.1, 0.15) is 0 Å². The lowest BCUT2D eigenvalue weighted by molar-refractivity contribution is -0.131. The maximum Gasteiger partial charge on any atom is 0.225 e. The second-order valence-corrected chi connectivity index (χ2v) is 5.96. The van der Waals surface area contributed by atoms with E-state index >= 15 is 0 Å². The Bertz CT molecular complexity index is 253. The van der Waals surface area contributed by atoms with E-state index in [0.29, 0.717) is 6.04 Å². The van der Waals surface area contributed by atoms with Crippen molar-refractivity contribution < 1.29 is 4.79 Å². The van der Waals surface area contributed by atoms with E-state index < -0.39 is 0 Å². The first-order valence-electron chi connectivity index (χ1n) is 7.22. The molecule has 0 spiro atoms. The molecule has 1 atom stereocenters. The van der Waals surface area contributed by atoms with Crippen molar-refractivity contribution >= 4 is 5.91 Å². The average Bonchev–Trinajstić information content (AvgIpc) is 2.83. The summed E-state index contributed by atoms with van der Waals surface area (Å²) >= 11 is 0. The highest BCUT2D eigenvalue weighted by Gasteiger charge is 2.34. The molecule has 0 radical (unpaired) electrons. The minimum atomic E-state index is -0.0820. The van der Waals surface area contributed by atoms with Gasteiger partial charge in [-0.05, 0) is 38.6 Å². The van der Waals surface area contributed by atoms with Gasteiger partial charge in [-0.1, -0.05) is 26.2 Å². The van der Waals surface area contributed by atoms with Crippen LogP contribution in [0.3, 0.4) is 0 Å². The van der Waals surface area contributed by atoms with Crippen LogP contribution < -0.4 is 10.6 Å². The molecule has 2 rings (SSSR count). The van der Waals surface area contributed by atoms with Crippen LogP contribution in [0.15, 0.2) is 0 Å². The Kier molecular flexibility index (Phi) is 4.43. The van der Waals surface area contributed by atoms with E-state index in [1.54, 1.807) is 0 Å². The number of amides is 1. The van der Waals surface area contributed by atoms with E-state index in [4.69, 9.17) is 0 Å². The standard InChI is InChI=1S/C14H26N2O/c1-14(8-3-2-4-9-14)13(17)16-11-7-12-6-5-10-15-12/h12,15H,2-11H2,1H3,(H,16,17)/t12-/m1/s1. The van der Waals surface area contributed by atoms with Gasteiger partial charge in [-0.15, -0.1) is 0 Å². The van der Waals surface area contributed by atoms with Gasteiger partial charge in [0.05, 0.1) is 0 Å². The molecular formula is C14H26N2O. The van der Waals surface area contributed by atoms with Crippen LogP contribution in [0.4, 0.5) is 0 Å². The lowest BCUT2D eigenvalue weighted by Crippen LogP contribution is -2.41. The highest BCUT2D eigenvalue weighted by atomic mass is 16.2. The van der Waals surface area contributed by atoms with Crippen LogP contribution in [0, 0.1) is 5.41 Å². The summed E-state index contributed by atoms with van der Waals surface area (Å²) in [6, 6.07) is 0.634. The summed E-state index contributed by atoms with van der Waals surface area (Å²) in [6.45, 7) is 4.12. The zero-order valence-electron chi connectivity index (χ0n) is 11.1. The van der Waals surface area contributed by atoms with Crippen LogP contribution in [0.2, 0.25) is 0 Å². The van der Waals surface area contributed by atoms with Gasteiger partial charge in [-0.25, -0.2) is 0 Å². The summed E-state index contributed by atoms with van der Waals surface area (Å²) in [5.74, 6) is 0.287. The highest BCUT2D eigenvalue weighted by molar-refractivity contribution is 5.82. The van der Waals surface area contributed by atoms with Crippen molar-refractivity contribution in [1.29, 1.82) is 0 Å². The van der Waals surface area contributed by atoms with Gasteiger partial charge in [0.25, 0.3) is 0 Å². The van der Waals surface area contributed by atoms with Crippen LogP contribution in [0.25, 0.3) is 0 Å². The summed E-state index contributed by atoms with van der Waals surface area (Å²) in [6.07, 6.45) is 9.52. The van der Waals surface area contributed by atoms with Crippen molar-refractivity contribution in [3.8, 4) is 0 Å². The van der Waals surface area contributed by atoms with Crippen molar-refractivity contribution in [1.82, 2.24) is 10.6 Å². The molecule has 1 aliphatic carbocycles. The molecule has 3 heteroatoms. The normalized spacial score (nSPS) is 27.9. The lowest BCUT2D eigenvalue weighted by Gasteiger charge is -2.32. The lowest BCUT2D eigenvalue weighted by atomic mass is 9.75. The SMILES string of the molecule is CC1(C(=O)NCC[C@H]2CCCN2)CCCCC1. The summed E-state index contributed by atoms with van der Waals surface area (Å²) in [4.78, 5) is 12.2. The van der Waals surface area contributed by atoms with Crippen molar-refractivity contribution in [3.05, 3.63) is 0 Å². The van der Waals surface area contributed by atoms with Gasteiger partial charge < -0.3 is 10.6 Å². The molecule has 2 aliphatic rings. The molecule has 0 aromatic carbocycles. The zero-order valence-corrected chi connectivity index (χ0v) is 11.1. The molecule has 98 valence electrons. The minimum Gasteiger partial charge on any atom is -0.356 e. The molecule has 1 saturated carbocycles. The predicted molar refractivity (Wildman–Crippen MR) is 69.8 cm³/mol. The van der Waals surface area contributed by atoms with Crippen LogP contribution in [0.5, 0.6) is 0 Å². The number of rotatable bonds is 4. The summed E-state index contributed by atoms with van der Waals surface area (Å²) in [7, 11) is 0. The number of carbonyl (C=O) groups is 1. The average molecular weight is 238 g/mol.